The van der Waals surface area contributed by atoms with Crippen molar-refractivity contribution in [1.29, 1.82) is 0 Å². The van der Waals surface area contributed by atoms with Crippen LogP contribution >= 0.6 is 0 Å². The SMILES string of the molecule is O=C(CF)C(F)(F)C(=O)C(F)(F)F.[Cr]. The van der Waals surface area contributed by atoms with E-state index in [0.717, 1.165) is 0 Å². The van der Waals surface area contributed by atoms with E-state index in [1.165, 1.54) is 0 Å². The van der Waals surface area contributed by atoms with Gasteiger partial charge >= 0.3 is 17.9 Å². The Morgan fingerprint density at radius 3 is 1.57 bits per heavy atom. The van der Waals surface area contributed by atoms with Gasteiger partial charge in [0.25, 0.3) is 0 Å². The van der Waals surface area contributed by atoms with Crippen molar-refractivity contribution in [3.05, 3.63) is 0 Å². The summed E-state index contributed by atoms with van der Waals surface area (Å²) in [7, 11) is 0. The van der Waals surface area contributed by atoms with E-state index in [-0.39, 0.29) is 17.4 Å². The smallest absolute Gasteiger partial charge is 0.289 e. The molecule has 0 bridgehead atoms. The first kappa shape index (κ1) is 15.9. The number of Topliss-reactive ketones (excluding diaryl/α,β-unsaturated/α-hetero) is 2. The molecule has 0 atom stereocenters. The van der Waals surface area contributed by atoms with E-state index < -0.39 is 30.3 Å². The average molecular weight is 260 g/mol. The number of ketones is 2. The van der Waals surface area contributed by atoms with Crippen LogP contribution in [0.1, 0.15) is 0 Å². The van der Waals surface area contributed by atoms with E-state index in [0.29, 0.717) is 0 Å². The summed E-state index contributed by atoms with van der Waals surface area (Å²) in [5.41, 5.74) is 0. The first-order chi connectivity index (χ1) is 5.64. The van der Waals surface area contributed by atoms with Gasteiger partial charge in [-0.15, -0.1) is 0 Å². The van der Waals surface area contributed by atoms with Gasteiger partial charge in [-0.25, -0.2) is 4.39 Å². The number of halogens is 6. The van der Waals surface area contributed by atoms with Gasteiger partial charge in [-0.05, 0) is 0 Å². The Balaban J connectivity index is 0. The molecule has 0 saturated carbocycles. The summed E-state index contributed by atoms with van der Waals surface area (Å²) in [6, 6.07) is 0. The van der Waals surface area contributed by atoms with Crippen LogP contribution in [0.4, 0.5) is 26.3 Å². The second-order valence-electron chi connectivity index (χ2n) is 1.96. The van der Waals surface area contributed by atoms with E-state index in [2.05, 4.69) is 0 Å². The standard InChI is InChI=1S/C5H2F6O2.Cr/c6-1-2(12)4(7,8)3(13)5(9,10)11;/h1H2;. The second kappa shape index (κ2) is 4.80. The molecule has 0 rings (SSSR count). The number of rotatable bonds is 3. The molecule has 0 N–H and O–H groups in total. The number of alkyl halides is 6. The van der Waals surface area contributed by atoms with Gasteiger partial charge in [-0.2, -0.15) is 22.0 Å². The Bertz CT molecular complexity index is 235. The molecule has 2 nitrogen and oxygen atoms in total. The fourth-order valence-corrected chi connectivity index (χ4v) is 0.389. The molecule has 9 heteroatoms. The van der Waals surface area contributed by atoms with Crippen LogP contribution in [0.15, 0.2) is 0 Å². The minimum Gasteiger partial charge on any atom is -0.289 e. The summed E-state index contributed by atoms with van der Waals surface area (Å²) in [4.78, 5) is 19.7. The number of carbonyl (C=O) groups excluding carboxylic acids is 2. The molecule has 0 aromatic heterocycles. The molecule has 14 heavy (non-hydrogen) atoms. The first-order valence-corrected chi connectivity index (χ1v) is 2.72. The number of carbonyl (C=O) groups is 2. The van der Waals surface area contributed by atoms with Crippen LogP contribution in [0.3, 0.4) is 0 Å². The minimum absolute atomic E-state index is 0. The van der Waals surface area contributed by atoms with Crippen molar-refractivity contribution in [3.63, 3.8) is 0 Å². The number of hydrogen-bond donors (Lipinski definition) is 0. The molecule has 0 saturated heterocycles. The van der Waals surface area contributed by atoms with Gasteiger partial charge in [0, 0.05) is 17.4 Å². The quantitative estimate of drug-likeness (QED) is 0.566. The normalized spacial score (nSPS) is 11.9. The maximum Gasteiger partial charge on any atom is 0.456 e. The van der Waals surface area contributed by atoms with Gasteiger partial charge in [0.15, 0.2) is 6.67 Å². The summed E-state index contributed by atoms with van der Waals surface area (Å²) >= 11 is 0. The van der Waals surface area contributed by atoms with E-state index in [1.54, 1.807) is 0 Å². The second-order valence-corrected chi connectivity index (χ2v) is 1.96. The van der Waals surface area contributed by atoms with Gasteiger partial charge in [-0.1, -0.05) is 0 Å². The predicted octanol–water partition coefficient (Wildman–Crippen LogP) is 1.29. The Labute approximate surface area is 84.4 Å². The minimum atomic E-state index is -5.85. The molecule has 0 heterocycles. The zero-order chi connectivity index (χ0) is 10.9. The van der Waals surface area contributed by atoms with E-state index in [4.69, 9.17) is 0 Å². The summed E-state index contributed by atoms with van der Waals surface area (Å²) < 4.78 is 69.4. The fraction of sp³-hybridized carbons (Fsp3) is 0.600. The summed E-state index contributed by atoms with van der Waals surface area (Å²) in [6.45, 7) is -2.32. The van der Waals surface area contributed by atoms with Crippen LogP contribution in [0.25, 0.3) is 0 Å². The number of hydrogen-bond acceptors (Lipinski definition) is 2. The van der Waals surface area contributed by atoms with Gasteiger partial charge in [0.2, 0.25) is 5.78 Å². The molecule has 0 aliphatic carbocycles. The molecule has 0 aromatic carbocycles. The Morgan fingerprint density at radius 2 is 1.36 bits per heavy atom. The zero-order valence-electron chi connectivity index (χ0n) is 6.20. The average Bonchev–Trinajstić information content (AvgIpc) is 1.99. The molecular weight excluding hydrogens is 258 g/mol. The molecular formula is C5H2CrF6O2. The fourth-order valence-electron chi connectivity index (χ4n) is 0.389. The van der Waals surface area contributed by atoms with Crippen LogP contribution in [-0.2, 0) is 27.0 Å². The van der Waals surface area contributed by atoms with Crippen molar-refractivity contribution in [2.24, 2.45) is 0 Å². The Hall–Kier alpha value is -0.548. The summed E-state index contributed by atoms with van der Waals surface area (Å²) in [5, 5.41) is 0. The van der Waals surface area contributed by atoms with Gasteiger partial charge in [-0.3, -0.25) is 9.59 Å². The van der Waals surface area contributed by atoms with Crippen molar-refractivity contribution < 1.29 is 53.3 Å². The Kier molecular flexibility index (Phi) is 5.45. The van der Waals surface area contributed by atoms with Crippen molar-refractivity contribution in [3.8, 4) is 0 Å². The van der Waals surface area contributed by atoms with E-state index >= 15 is 0 Å². The molecule has 0 aliphatic heterocycles. The first-order valence-electron chi connectivity index (χ1n) is 2.72. The van der Waals surface area contributed by atoms with Gasteiger partial charge in [0.1, 0.15) is 0 Å². The van der Waals surface area contributed by atoms with Crippen molar-refractivity contribution >= 4 is 11.6 Å². The molecule has 82 valence electrons. The third-order valence-corrected chi connectivity index (χ3v) is 1.01. The maximum atomic E-state index is 12.0. The molecule has 0 aliphatic rings. The molecule has 0 aromatic rings. The van der Waals surface area contributed by atoms with E-state index in [9.17, 15) is 35.9 Å². The van der Waals surface area contributed by atoms with Crippen molar-refractivity contribution in [1.82, 2.24) is 0 Å². The molecule has 0 unspecified atom stereocenters. The molecule has 0 spiro atoms. The van der Waals surface area contributed by atoms with E-state index in [1.807, 2.05) is 0 Å². The summed E-state index contributed by atoms with van der Waals surface area (Å²) in [5.74, 6) is -11.6. The predicted molar refractivity (Wildman–Crippen MR) is 27.0 cm³/mol. The zero-order valence-corrected chi connectivity index (χ0v) is 7.47. The third-order valence-electron chi connectivity index (χ3n) is 1.01. The Morgan fingerprint density at radius 1 is 1.00 bits per heavy atom. The largest absolute Gasteiger partial charge is 0.456 e. The molecule has 0 amide bonds. The third kappa shape index (κ3) is 3.31. The molecule has 0 fully saturated rings. The van der Waals surface area contributed by atoms with Crippen LogP contribution in [0, 0.1) is 0 Å². The summed E-state index contributed by atoms with van der Waals surface area (Å²) in [6.07, 6.45) is -5.85. The van der Waals surface area contributed by atoms with Crippen LogP contribution < -0.4 is 0 Å². The van der Waals surface area contributed by atoms with Crippen molar-refractivity contribution in [2.45, 2.75) is 12.1 Å². The van der Waals surface area contributed by atoms with Crippen LogP contribution in [0.5, 0.6) is 0 Å². The van der Waals surface area contributed by atoms with Gasteiger partial charge < -0.3 is 0 Å². The topological polar surface area (TPSA) is 34.1 Å². The monoisotopic (exact) mass is 260 g/mol. The van der Waals surface area contributed by atoms with Crippen LogP contribution in [-0.4, -0.2) is 30.3 Å². The molecule has 0 radical (unpaired) electrons. The van der Waals surface area contributed by atoms with Gasteiger partial charge in [0.05, 0.1) is 0 Å². The maximum absolute atomic E-state index is 12.0. The van der Waals surface area contributed by atoms with Crippen molar-refractivity contribution in [2.75, 3.05) is 6.67 Å². The van der Waals surface area contributed by atoms with Crippen LogP contribution in [0.2, 0.25) is 0 Å².